The maximum atomic E-state index is 10.9. The summed E-state index contributed by atoms with van der Waals surface area (Å²) in [6, 6.07) is 7.10. The smallest absolute Gasteiger partial charge is 0.376 e. The number of carboxylic acid groups (broad SMARTS) is 1. The fourth-order valence-corrected chi connectivity index (χ4v) is 1.14. The molecule has 0 fully saturated rings. The van der Waals surface area contributed by atoms with E-state index in [4.69, 9.17) is 9.84 Å². The van der Waals surface area contributed by atoms with Gasteiger partial charge in [-0.1, -0.05) is 18.2 Å². The number of benzene rings is 1. The second kappa shape index (κ2) is 5.70. The summed E-state index contributed by atoms with van der Waals surface area (Å²) in [5.41, 5.74) is 0.680. The second-order valence-corrected chi connectivity index (χ2v) is 2.97. The molecule has 16 heavy (non-hydrogen) atoms. The van der Waals surface area contributed by atoms with Crippen molar-refractivity contribution in [1.29, 1.82) is 0 Å². The summed E-state index contributed by atoms with van der Waals surface area (Å²) in [6.45, 7) is 2.36. The van der Waals surface area contributed by atoms with Crippen LogP contribution >= 0.6 is 0 Å². The maximum Gasteiger partial charge on any atom is 0.376 e. The first kappa shape index (κ1) is 12.0. The quantitative estimate of drug-likeness (QED) is 0.606. The highest BCUT2D eigenvalue weighted by Gasteiger charge is 2.06. The number of rotatable bonds is 5. The number of ketones is 1. The van der Waals surface area contributed by atoms with E-state index in [1.807, 2.05) is 6.92 Å². The van der Waals surface area contributed by atoms with E-state index >= 15 is 0 Å². The van der Waals surface area contributed by atoms with Gasteiger partial charge in [-0.15, -0.1) is 0 Å². The van der Waals surface area contributed by atoms with Gasteiger partial charge in [0.25, 0.3) is 5.78 Å². The molecule has 1 aromatic rings. The largest absolute Gasteiger partial charge is 0.493 e. The lowest BCUT2D eigenvalue weighted by Crippen LogP contribution is -2.08. The zero-order valence-electron chi connectivity index (χ0n) is 8.84. The molecule has 0 saturated heterocycles. The van der Waals surface area contributed by atoms with Crippen LogP contribution in [0.1, 0.15) is 12.5 Å². The third kappa shape index (κ3) is 3.24. The van der Waals surface area contributed by atoms with Gasteiger partial charge in [0.2, 0.25) is 0 Å². The van der Waals surface area contributed by atoms with Crippen LogP contribution in [-0.2, 0) is 9.59 Å². The Kier molecular flexibility index (Phi) is 4.27. The lowest BCUT2D eigenvalue weighted by Gasteiger charge is -2.05. The van der Waals surface area contributed by atoms with E-state index in [0.29, 0.717) is 17.9 Å². The summed E-state index contributed by atoms with van der Waals surface area (Å²) in [4.78, 5) is 21.2. The topological polar surface area (TPSA) is 63.6 Å². The van der Waals surface area contributed by atoms with E-state index in [9.17, 15) is 9.59 Å². The molecular weight excluding hydrogens is 208 g/mol. The van der Waals surface area contributed by atoms with Gasteiger partial charge < -0.3 is 9.84 Å². The summed E-state index contributed by atoms with van der Waals surface area (Å²) in [5, 5.41) is 8.40. The van der Waals surface area contributed by atoms with Gasteiger partial charge in [0, 0.05) is 5.56 Å². The Labute approximate surface area is 93.2 Å². The minimum Gasteiger partial charge on any atom is -0.493 e. The molecule has 0 unspecified atom stereocenters. The molecule has 84 valence electrons. The molecule has 4 nitrogen and oxygen atoms in total. The van der Waals surface area contributed by atoms with Crippen LogP contribution in [0.2, 0.25) is 0 Å². The van der Waals surface area contributed by atoms with E-state index in [0.717, 1.165) is 6.08 Å². The summed E-state index contributed by atoms with van der Waals surface area (Å²) < 4.78 is 5.32. The number of hydrogen-bond donors (Lipinski definition) is 1. The minimum atomic E-state index is -1.47. The fraction of sp³-hybridized carbons (Fsp3) is 0.167. The SMILES string of the molecule is CCOc1ccccc1/C=C/C(=O)C(=O)O. The highest BCUT2D eigenvalue weighted by molar-refractivity contribution is 6.38. The van der Waals surface area contributed by atoms with Crippen molar-refractivity contribution < 1.29 is 19.4 Å². The first-order valence-electron chi connectivity index (χ1n) is 4.82. The molecule has 0 radical (unpaired) electrons. The Morgan fingerprint density at radius 3 is 2.69 bits per heavy atom. The molecule has 1 N–H and O–H groups in total. The number of carboxylic acids is 1. The zero-order chi connectivity index (χ0) is 12.0. The normalized spacial score (nSPS) is 10.3. The number of aliphatic carboxylic acids is 1. The summed E-state index contributed by atoms with van der Waals surface area (Å²) in [6.07, 6.45) is 2.45. The molecule has 0 aliphatic carbocycles. The number of carbonyl (C=O) groups is 2. The van der Waals surface area contributed by atoms with Crippen LogP contribution in [-0.4, -0.2) is 23.5 Å². The predicted octanol–water partition coefficient (Wildman–Crippen LogP) is 1.75. The zero-order valence-corrected chi connectivity index (χ0v) is 8.84. The van der Waals surface area contributed by atoms with Crippen LogP contribution in [0.3, 0.4) is 0 Å². The Bertz CT molecular complexity index is 421. The molecule has 1 aromatic carbocycles. The van der Waals surface area contributed by atoms with Crippen LogP contribution < -0.4 is 4.74 Å². The van der Waals surface area contributed by atoms with Crippen LogP contribution in [0.5, 0.6) is 5.75 Å². The van der Waals surface area contributed by atoms with Gasteiger partial charge in [-0.25, -0.2) is 4.79 Å². The molecule has 0 amide bonds. The number of carbonyl (C=O) groups excluding carboxylic acids is 1. The Hall–Kier alpha value is -2.10. The number of para-hydroxylation sites is 1. The van der Waals surface area contributed by atoms with E-state index < -0.39 is 11.8 Å². The Morgan fingerprint density at radius 2 is 2.06 bits per heavy atom. The average Bonchev–Trinajstić information content (AvgIpc) is 2.27. The molecule has 0 aromatic heterocycles. The summed E-state index contributed by atoms with van der Waals surface area (Å²) in [5.74, 6) is -1.80. The second-order valence-electron chi connectivity index (χ2n) is 2.97. The molecule has 4 heteroatoms. The van der Waals surface area contributed by atoms with Crippen LogP contribution in [0, 0.1) is 0 Å². The molecule has 0 atom stereocenters. The summed E-state index contributed by atoms with van der Waals surface area (Å²) >= 11 is 0. The van der Waals surface area contributed by atoms with Gasteiger partial charge >= 0.3 is 5.97 Å². The molecule has 0 heterocycles. The third-order valence-electron chi connectivity index (χ3n) is 1.84. The number of hydrogen-bond acceptors (Lipinski definition) is 3. The van der Waals surface area contributed by atoms with Crippen molar-refractivity contribution in [1.82, 2.24) is 0 Å². The fourth-order valence-electron chi connectivity index (χ4n) is 1.14. The van der Waals surface area contributed by atoms with Crippen molar-refractivity contribution in [2.75, 3.05) is 6.61 Å². The molecule has 0 aliphatic heterocycles. The maximum absolute atomic E-state index is 10.9. The van der Waals surface area contributed by atoms with Gasteiger partial charge in [-0.05, 0) is 25.1 Å². The van der Waals surface area contributed by atoms with Gasteiger partial charge in [-0.3, -0.25) is 4.79 Å². The lowest BCUT2D eigenvalue weighted by molar-refractivity contribution is -0.146. The van der Waals surface area contributed by atoms with Gasteiger partial charge in [0.15, 0.2) is 0 Å². The molecular formula is C12H12O4. The summed E-state index contributed by atoms with van der Waals surface area (Å²) in [7, 11) is 0. The van der Waals surface area contributed by atoms with Gasteiger partial charge in [0.05, 0.1) is 6.61 Å². The standard InChI is InChI=1S/C12H12O4/c1-2-16-11-6-4-3-5-9(11)7-8-10(13)12(14)15/h3-8H,2H2,1H3,(H,14,15)/b8-7+. The van der Waals surface area contributed by atoms with Gasteiger partial charge in [-0.2, -0.15) is 0 Å². The van der Waals surface area contributed by atoms with Crippen molar-refractivity contribution in [2.45, 2.75) is 6.92 Å². The average molecular weight is 220 g/mol. The van der Waals surface area contributed by atoms with E-state index in [-0.39, 0.29) is 0 Å². The molecule has 0 saturated carbocycles. The van der Waals surface area contributed by atoms with Crippen molar-refractivity contribution in [2.24, 2.45) is 0 Å². The monoisotopic (exact) mass is 220 g/mol. The van der Waals surface area contributed by atoms with Crippen LogP contribution in [0.25, 0.3) is 6.08 Å². The van der Waals surface area contributed by atoms with E-state index in [1.54, 1.807) is 24.3 Å². The minimum absolute atomic E-state index is 0.512. The Balaban J connectivity index is 2.87. The third-order valence-corrected chi connectivity index (χ3v) is 1.84. The van der Waals surface area contributed by atoms with Gasteiger partial charge in [0.1, 0.15) is 5.75 Å². The highest BCUT2D eigenvalue weighted by Crippen LogP contribution is 2.19. The van der Waals surface area contributed by atoms with Crippen molar-refractivity contribution in [3.05, 3.63) is 35.9 Å². The first-order chi connectivity index (χ1) is 7.65. The lowest BCUT2D eigenvalue weighted by atomic mass is 10.1. The van der Waals surface area contributed by atoms with Crippen LogP contribution in [0.15, 0.2) is 30.3 Å². The highest BCUT2D eigenvalue weighted by atomic mass is 16.5. The van der Waals surface area contributed by atoms with E-state index in [2.05, 4.69) is 0 Å². The van der Waals surface area contributed by atoms with Crippen LogP contribution in [0.4, 0.5) is 0 Å². The van der Waals surface area contributed by atoms with Crippen molar-refractivity contribution >= 4 is 17.8 Å². The van der Waals surface area contributed by atoms with Crippen molar-refractivity contribution in [3.8, 4) is 5.75 Å². The molecule has 1 rings (SSSR count). The Morgan fingerprint density at radius 1 is 1.38 bits per heavy atom. The number of ether oxygens (including phenoxy) is 1. The van der Waals surface area contributed by atoms with E-state index in [1.165, 1.54) is 6.08 Å². The predicted molar refractivity (Wildman–Crippen MR) is 59.3 cm³/mol. The molecule has 0 bridgehead atoms. The van der Waals surface area contributed by atoms with Crippen molar-refractivity contribution in [3.63, 3.8) is 0 Å². The molecule has 0 aliphatic rings. The first-order valence-corrected chi connectivity index (χ1v) is 4.82. The molecule has 0 spiro atoms.